The molecule has 2 heterocycles. The van der Waals surface area contributed by atoms with E-state index in [2.05, 4.69) is 16.0 Å². The molecular weight excluding hydrogens is 384 g/mol. The molecule has 3 N–H and O–H groups in total. The molecular formula is C22H22N4O4. The van der Waals surface area contributed by atoms with Crippen LogP contribution in [0.3, 0.4) is 0 Å². The molecule has 0 aromatic heterocycles. The lowest BCUT2D eigenvalue weighted by Gasteiger charge is -2.29. The van der Waals surface area contributed by atoms with Crippen molar-refractivity contribution >= 4 is 29.4 Å². The summed E-state index contributed by atoms with van der Waals surface area (Å²) in [6.45, 7) is 2.57. The minimum absolute atomic E-state index is 0.224. The first-order valence-electron chi connectivity index (χ1n) is 9.79. The second kappa shape index (κ2) is 7.98. The van der Waals surface area contributed by atoms with E-state index in [0.29, 0.717) is 24.2 Å². The third-order valence-corrected chi connectivity index (χ3v) is 5.36. The van der Waals surface area contributed by atoms with Gasteiger partial charge in [0.15, 0.2) is 0 Å². The highest BCUT2D eigenvalue weighted by Crippen LogP contribution is 2.28. The van der Waals surface area contributed by atoms with E-state index < -0.39 is 11.9 Å². The summed E-state index contributed by atoms with van der Waals surface area (Å²) in [5, 5.41) is 7.83. The molecule has 30 heavy (non-hydrogen) atoms. The normalized spacial score (nSPS) is 18.1. The van der Waals surface area contributed by atoms with Crippen LogP contribution in [0.15, 0.2) is 42.5 Å². The quantitative estimate of drug-likeness (QED) is 0.676. The molecule has 2 aromatic rings. The first-order valence-corrected chi connectivity index (χ1v) is 9.79. The third kappa shape index (κ3) is 4.03. The molecule has 0 bridgehead atoms. The summed E-state index contributed by atoms with van der Waals surface area (Å²) in [6, 6.07) is 11.9. The summed E-state index contributed by atoms with van der Waals surface area (Å²) in [5.41, 5.74) is 3.94. The molecule has 8 heteroatoms. The Morgan fingerprint density at radius 2 is 1.90 bits per heavy atom. The van der Waals surface area contributed by atoms with E-state index >= 15 is 0 Å². The van der Waals surface area contributed by atoms with E-state index in [-0.39, 0.29) is 30.8 Å². The van der Waals surface area contributed by atoms with Crippen LogP contribution in [0.5, 0.6) is 0 Å². The Morgan fingerprint density at radius 1 is 1.13 bits per heavy atom. The average Bonchev–Trinajstić information content (AvgIpc) is 3.04. The van der Waals surface area contributed by atoms with Gasteiger partial charge in [-0.05, 0) is 42.7 Å². The molecule has 0 saturated carbocycles. The van der Waals surface area contributed by atoms with Crippen LogP contribution in [0.2, 0.25) is 0 Å². The second-order valence-corrected chi connectivity index (χ2v) is 7.57. The Labute approximate surface area is 173 Å². The van der Waals surface area contributed by atoms with Gasteiger partial charge in [0, 0.05) is 30.8 Å². The lowest BCUT2D eigenvalue weighted by Crippen LogP contribution is -2.52. The number of fused-ring (bicyclic) bond motifs is 1. The number of carbonyl (C=O) groups excluding carboxylic acids is 4. The standard InChI is InChI=1S/C22H22N4O4/c1-13-2-6-16(7-3-13)24-22(30)23-11-14-4-5-15-12-26(21(29)17(15)10-14)18-8-9-19(27)25-20(18)28/h2-7,10,18H,8-9,11-12H2,1H3,(H2,23,24,30)(H,25,27,28). The van der Waals surface area contributed by atoms with Gasteiger partial charge in [0.1, 0.15) is 6.04 Å². The zero-order valence-corrected chi connectivity index (χ0v) is 16.5. The van der Waals surface area contributed by atoms with Crippen LogP contribution in [0.4, 0.5) is 10.5 Å². The van der Waals surface area contributed by atoms with Crippen LogP contribution in [-0.4, -0.2) is 34.7 Å². The Hall–Kier alpha value is -3.68. The Balaban J connectivity index is 1.38. The second-order valence-electron chi connectivity index (χ2n) is 7.57. The maximum absolute atomic E-state index is 12.8. The van der Waals surface area contributed by atoms with Crippen molar-refractivity contribution in [3.05, 3.63) is 64.7 Å². The first-order chi connectivity index (χ1) is 14.4. The molecule has 2 aliphatic rings. The summed E-state index contributed by atoms with van der Waals surface area (Å²) < 4.78 is 0. The molecule has 0 radical (unpaired) electrons. The number of nitrogens with zero attached hydrogens (tertiary/aromatic N) is 1. The number of urea groups is 1. The predicted octanol–water partition coefficient (Wildman–Crippen LogP) is 2.08. The average molecular weight is 406 g/mol. The van der Waals surface area contributed by atoms with E-state index in [4.69, 9.17) is 0 Å². The zero-order chi connectivity index (χ0) is 21.3. The fourth-order valence-electron chi connectivity index (χ4n) is 3.71. The molecule has 1 saturated heterocycles. The maximum atomic E-state index is 12.8. The predicted molar refractivity (Wildman–Crippen MR) is 110 cm³/mol. The van der Waals surface area contributed by atoms with Crippen molar-refractivity contribution in [1.82, 2.24) is 15.5 Å². The van der Waals surface area contributed by atoms with Crippen LogP contribution in [0.25, 0.3) is 0 Å². The summed E-state index contributed by atoms with van der Waals surface area (Å²) >= 11 is 0. The molecule has 0 aliphatic carbocycles. The molecule has 2 aromatic carbocycles. The largest absolute Gasteiger partial charge is 0.334 e. The fraction of sp³-hybridized carbons (Fsp3) is 0.273. The van der Waals surface area contributed by atoms with Gasteiger partial charge in [-0.2, -0.15) is 0 Å². The van der Waals surface area contributed by atoms with Crippen molar-refractivity contribution in [2.24, 2.45) is 0 Å². The summed E-state index contributed by atoms with van der Waals surface area (Å²) in [7, 11) is 0. The van der Waals surface area contributed by atoms with Crippen molar-refractivity contribution in [3.63, 3.8) is 0 Å². The number of anilines is 1. The number of aryl methyl sites for hydroxylation is 1. The van der Waals surface area contributed by atoms with E-state index in [9.17, 15) is 19.2 Å². The summed E-state index contributed by atoms with van der Waals surface area (Å²) in [5.74, 6) is -0.967. The van der Waals surface area contributed by atoms with Gasteiger partial charge in [0.2, 0.25) is 11.8 Å². The highest BCUT2D eigenvalue weighted by molar-refractivity contribution is 6.05. The lowest BCUT2D eigenvalue weighted by atomic mass is 10.0. The van der Waals surface area contributed by atoms with Crippen LogP contribution in [0.1, 0.15) is 39.9 Å². The van der Waals surface area contributed by atoms with Crippen LogP contribution in [-0.2, 0) is 22.7 Å². The number of benzene rings is 2. The fourth-order valence-corrected chi connectivity index (χ4v) is 3.71. The van der Waals surface area contributed by atoms with Crippen molar-refractivity contribution < 1.29 is 19.2 Å². The summed E-state index contributed by atoms with van der Waals surface area (Å²) in [4.78, 5) is 50.0. The Kier molecular flexibility index (Phi) is 5.22. The molecule has 8 nitrogen and oxygen atoms in total. The minimum Gasteiger partial charge on any atom is -0.334 e. The Morgan fingerprint density at radius 3 is 2.63 bits per heavy atom. The Bertz CT molecular complexity index is 1030. The molecule has 2 aliphatic heterocycles. The minimum atomic E-state index is -0.635. The van der Waals surface area contributed by atoms with Gasteiger partial charge in [-0.3, -0.25) is 19.7 Å². The number of imide groups is 1. The van der Waals surface area contributed by atoms with Gasteiger partial charge in [-0.1, -0.05) is 29.8 Å². The van der Waals surface area contributed by atoms with E-state index in [1.807, 2.05) is 43.3 Å². The molecule has 5 amide bonds. The number of amides is 5. The van der Waals surface area contributed by atoms with Crippen LogP contribution >= 0.6 is 0 Å². The zero-order valence-electron chi connectivity index (χ0n) is 16.5. The van der Waals surface area contributed by atoms with Crippen molar-refractivity contribution in [2.75, 3.05) is 5.32 Å². The number of hydrogen-bond donors (Lipinski definition) is 3. The van der Waals surface area contributed by atoms with Gasteiger partial charge < -0.3 is 15.5 Å². The maximum Gasteiger partial charge on any atom is 0.319 e. The van der Waals surface area contributed by atoms with Crippen LogP contribution in [0, 0.1) is 6.92 Å². The highest BCUT2D eigenvalue weighted by Gasteiger charge is 2.39. The monoisotopic (exact) mass is 406 g/mol. The molecule has 154 valence electrons. The van der Waals surface area contributed by atoms with Gasteiger partial charge in [-0.15, -0.1) is 0 Å². The number of rotatable bonds is 4. The van der Waals surface area contributed by atoms with Gasteiger partial charge in [-0.25, -0.2) is 4.79 Å². The smallest absolute Gasteiger partial charge is 0.319 e. The molecule has 0 spiro atoms. The number of hydrogen-bond acceptors (Lipinski definition) is 4. The SMILES string of the molecule is Cc1ccc(NC(=O)NCc2ccc3c(c2)C(=O)N(C2CCC(=O)NC2=O)C3)cc1. The number of carbonyl (C=O) groups is 4. The number of nitrogens with one attached hydrogen (secondary N) is 3. The van der Waals surface area contributed by atoms with E-state index in [1.165, 1.54) is 4.90 Å². The third-order valence-electron chi connectivity index (χ3n) is 5.36. The highest BCUT2D eigenvalue weighted by atomic mass is 16.2. The molecule has 1 fully saturated rings. The van der Waals surface area contributed by atoms with Crippen molar-refractivity contribution in [1.29, 1.82) is 0 Å². The van der Waals surface area contributed by atoms with E-state index in [1.54, 1.807) is 6.07 Å². The van der Waals surface area contributed by atoms with Crippen molar-refractivity contribution in [2.45, 2.75) is 38.9 Å². The molecule has 1 atom stereocenters. The van der Waals surface area contributed by atoms with Gasteiger partial charge in [0.05, 0.1) is 0 Å². The molecule has 1 unspecified atom stereocenters. The summed E-state index contributed by atoms with van der Waals surface area (Å²) in [6.07, 6.45) is 0.555. The lowest BCUT2D eigenvalue weighted by molar-refractivity contribution is -0.136. The van der Waals surface area contributed by atoms with Crippen molar-refractivity contribution in [3.8, 4) is 0 Å². The van der Waals surface area contributed by atoms with Gasteiger partial charge in [0.25, 0.3) is 5.91 Å². The molecule has 4 rings (SSSR count). The van der Waals surface area contributed by atoms with Gasteiger partial charge >= 0.3 is 6.03 Å². The first kappa shape index (κ1) is 19.6. The number of piperidine rings is 1. The van der Waals surface area contributed by atoms with Crippen LogP contribution < -0.4 is 16.0 Å². The topological polar surface area (TPSA) is 108 Å². The van der Waals surface area contributed by atoms with E-state index in [0.717, 1.165) is 16.7 Å².